The van der Waals surface area contributed by atoms with Crippen molar-refractivity contribution in [3.8, 4) is 0 Å². The van der Waals surface area contributed by atoms with E-state index in [-0.39, 0.29) is 31.1 Å². The number of hydrogen-bond donors (Lipinski definition) is 0. The van der Waals surface area contributed by atoms with E-state index in [1.54, 1.807) is 0 Å². The Bertz CT molecular complexity index is 1290. The molecule has 0 saturated heterocycles. The Morgan fingerprint density at radius 2 is 0.542 bits per heavy atom. The van der Waals surface area contributed by atoms with E-state index in [0.717, 1.165) is 89.9 Å². The fourth-order valence-electron chi connectivity index (χ4n) is 9.12. The van der Waals surface area contributed by atoms with Crippen molar-refractivity contribution in [2.24, 2.45) is 0 Å². The Balaban J connectivity index is 4.07. The van der Waals surface area contributed by atoms with Crippen LogP contribution in [0.1, 0.15) is 323 Å². The quantitative estimate of drug-likeness (QED) is 0.0261. The van der Waals surface area contributed by atoms with Crippen molar-refractivity contribution in [3.05, 3.63) is 60.8 Å². The van der Waals surface area contributed by atoms with E-state index in [2.05, 4.69) is 81.5 Å². The van der Waals surface area contributed by atoms with Crippen LogP contribution in [-0.4, -0.2) is 37.2 Å². The zero-order valence-electron chi connectivity index (χ0n) is 47.9. The molecule has 1 unspecified atom stereocenters. The zero-order valence-corrected chi connectivity index (χ0v) is 47.9. The van der Waals surface area contributed by atoms with Crippen molar-refractivity contribution in [1.82, 2.24) is 0 Å². The maximum atomic E-state index is 12.8. The SMILES string of the molecule is CC/C=C\C/C=C\C/C=C\C/C=C\C/C=C\CCCCCCCCCCCCCCCCCC(=O)OCC(COC(=O)CCCCCCCCCCC)OC(=O)CCCCCCCCCCCCCCCC. The molecule has 418 valence electrons. The lowest BCUT2D eigenvalue weighted by Gasteiger charge is -2.18. The number of ether oxygens (including phenoxy) is 3. The van der Waals surface area contributed by atoms with Crippen LogP contribution in [-0.2, 0) is 28.6 Å². The van der Waals surface area contributed by atoms with Gasteiger partial charge >= 0.3 is 17.9 Å². The number of allylic oxidation sites excluding steroid dienone is 10. The van der Waals surface area contributed by atoms with Crippen molar-refractivity contribution in [2.45, 2.75) is 329 Å². The van der Waals surface area contributed by atoms with Crippen LogP contribution in [0.3, 0.4) is 0 Å². The average molecular weight is 1010 g/mol. The Hall–Kier alpha value is -2.89. The normalized spacial score (nSPS) is 12.4. The van der Waals surface area contributed by atoms with E-state index in [9.17, 15) is 14.4 Å². The summed E-state index contributed by atoms with van der Waals surface area (Å²) in [4.78, 5) is 38.1. The lowest BCUT2D eigenvalue weighted by atomic mass is 10.0. The smallest absolute Gasteiger partial charge is 0.306 e. The largest absolute Gasteiger partial charge is 0.462 e. The lowest BCUT2D eigenvalue weighted by Crippen LogP contribution is -2.30. The second-order valence-electron chi connectivity index (χ2n) is 21.0. The second kappa shape index (κ2) is 60.7. The van der Waals surface area contributed by atoms with Gasteiger partial charge in [0.05, 0.1) is 0 Å². The van der Waals surface area contributed by atoms with Gasteiger partial charge in [-0.25, -0.2) is 0 Å². The van der Waals surface area contributed by atoms with E-state index >= 15 is 0 Å². The Labute approximate surface area is 447 Å². The highest BCUT2D eigenvalue weighted by Gasteiger charge is 2.19. The minimum Gasteiger partial charge on any atom is -0.462 e. The summed E-state index contributed by atoms with van der Waals surface area (Å²) in [7, 11) is 0. The molecule has 0 aromatic carbocycles. The molecule has 0 bridgehead atoms. The Morgan fingerprint density at radius 3 is 0.847 bits per heavy atom. The van der Waals surface area contributed by atoms with Gasteiger partial charge < -0.3 is 14.2 Å². The topological polar surface area (TPSA) is 78.9 Å². The van der Waals surface area contributed by atoms with Crippen LogP contribution in [0.2, 0.25) is 0 Å². The summed E-state index contributed by atoms with van der Waals surface area (Å²) in [5.41, 5.74) is 0. The number of carbonyl (C=O) groups is 3. The predicted molar refractivity (Wildman–Crippen MR) is 312 cm³/mol. The maximum absolute atomic E-state index is 12.8. The highest BCUT2D eigenvalue weighted by atomic mass is 16.6. The van der Waals surface area contributed by atoms with E-state index in [1.807, 2.05) is 0 Å². The minimum atomic E-state index is -0.767. The van der Waals surface area contributed by atoms with Crippen LogP contribution in [0.4, 0.5) is 0 Å². The molecule has 6 nitrogen and oxygen atoms in total. The highest BCUT2D eigenvalue weighted by molar-refractivity contribution is 5.71. The number of unbranched alkanes of at least 4 members (excludes halogenated alkanes) is 36. The zero-order chi connectivity index (χ0) is 52.2. The van der Waals surface area contributed by atoms with Crippen LogP contribution < -0.4 is 0 Å². The van der Waals surface area contributed by atoms with Crippen molar-refractivity contribution < 1.29 is 28.6 Å². The van der Waals surface area contributed by atoms with Gasteiger partial charge in [0.1, 0.15) is 13.2 Å². The van der Waals surface area contributed by atoms with Crippen LogP contribution in [0.5, 0.6) is 0 Å². The molecule has 0 aliphatic rings. The first-order valence-electron chi connectivity index (χ1n) is 31.3. The predicted octanol–water partition coefficient (Wildman–Crippen LogP) is 21.2. The molecule has 0 fully saturated rings. The molecule has 0 aliphatic carbocycles. The first-order chi connectivity index (χ1) is 35.5. The number of rotatable bonds is 57. The van der Waals surface area contributed by atoms with Gasteiger partial charge in [0.2, 0.25) is 0 Å². The molecule has 0 spiro atoms. The molecule has 0 saturated carbocycles. The van der Waals surface area contributed by atoms with Crippen molar-refractivity contribution in [3.63, 3.8) is 0 Å². The standard InChI is InChI=1S/C66H118O6/c1-4-7-10-13-16-19-21-23-25-26-27-28-29-30-31-32-33-34-35-36-37-38-39-40-41-43-44-47-50-53-56-59-65(68)71-62-63(61-70-64(67)58-55-52-49-46-18-15-12-9-6-3)72-66(69)60-57-54-51-48-45-42-24-22-20-17-14-11-8-5-2/h7,10,16,19,23,25,27-28,30-31,63H,4-6,8-9,11-15,17-18,20-22,24,26,29,32-62H2,1-3H3/b10-7-,19-16-,25-23-,28-27-,31-30-. The van der Waals surface area contributed by atoms with Crippen LogP contribution in [0.15, 0.2) is 60.8 Å². The number of carbonyl (C=O) groups excluding carboxylic acids is 3. The molecule has 0 heterocycles. The minimum absolute atomic E-state index is 0.0680. The summed E-state index contributed by atoms with van der Waals surface area (Å²) in [6, 6.07) is 0. The third-order valence-corrected chi connectivity index (χ3v) is 13.8. The summed E-state index contributed by atoms with van der Waals surface area (Å²) >= 11 is 0. The molecule has 0 aliphatic heterocycles. The van der Waals surface area contributed by atoms with Gasteiger partial charge in [-0.1, -0.05) is 300 Å². The first kappa shape index (κ1) is 69.1. The van der Waals surface area contributed by atoms with Crippen LogP contribution in [0.25, 0.3) is 0 Å². The molecule has 0 aromatic rings. The molecule has 72 heavy (non-hydrogen) atoms. The molecule has 0 amide bonds. The van der Waals surface area contributed by atoms with Crippen LogP contribution in [0, 0.1) is 0 Å². The molecular weight excluding hydrogens is 889 g/mol. The Kier molecular flexibility index (Phi) is 58.2. The van der Waals surface area contributed by atoms with Gasteiger partial charge in [-0.2, -0.15) is 0 Å². The third-order valence-electron chi connectivity index (χ3n) is 13.8. The van der Waals surface area contributed by atoms with Gasteiger partial charge in [0.25, 0.3) is 0 Å². The number of hydrogen-bond acceptors (Lipinski definition) is 6. The fourth-order valence-corrected chi connectivity index (χ4v) is 9.12. The molecule has 0 rings (SSSR count). The van der Waals surface area contributed by atoms with E-state index in [4.69, 9.17) is 14.2 Å². The molecule has 0 N–H and O–H groups in total. The summed E-state index contributed by atoms with van der Waals surface area (Å²) in [5, 5.41) is 0. The van der Waals surface area contributed by atoms with Crippen LogP contribution >= 0.6 is 0 Å². The van der Waals surface area contributed by atoms with Crippen molar-refractivity contribution in [2.75, 3.05) is 13.2 Å². The average Bonchev–Trinajstić information content (AvgIpc) is 3.38. The first-order valence-corrected chi connectivity index (χ1v) is 31.3. The lowest BCUT2D eigenvalue weighted by molar-refractivity contribution is -0.167. The third kappa shape index (κ3) is 58.0. The fraction of sp³-hybridized carbons (Fsp3) is 0.803. The van der Waals surface area contributed by atoms with Crippen molar-refractivity contribution in [1.29, 1.82) is 0 Å². The molecule has 1 atom stereocenters. The van der Waals surface area contributed by atoms with Gasteiger partial charge in [-0.05, 0) is 64.2 Å². The number of esters is 3. The molecule has 0 radical (unpaired) electrons. The van der Waals surface area contributed by atoms with Gasteiger partial charge in [0.15, 0.2) is 6.10 Å². The molecule has 6 heteroatoms. The summed E-state index contributed by atoms with van der Waals surface area (Å²) < 4.78 is 16.9. The van der Waals surface area contributed by atoms with Crippen molar-refractivity contribution >= 4 is 17.9 Å². The second-order valence-corrected chi connectivity index (χ2v) is 21.0. The highest BCUT2D eigenvalue weighted by Crippen LogP contribution is 2.17. The monoisotopic (exact) mass is 1010 g/mol. The Morgan fingerprint density at radius 1 is 0.292 bits per heavy atom. The summed E-state index contributed by atoms with van der Waals surface area (Å²) in [6.45, 7) is 6.54. The summed E-state index contributed by atoms with van der Waals surface area (Å²) in [6.07, 6.45) is 76.7. The van der Waals surface area contributed by atoms with E-state index < -0.39 is 6.10 Å². The van der Waals surface area contributed by atoms with Gasteiger partial charge in [0, 0.05) is 19.3 Å². The molecule has 0 aromatic heterocycles. The molecular formula is C66H118O6. The maximum Gasteiger partial charge on any atom is 0.306 e. The summed E-state index contributed by atoms with van der Waals surface area (Å²) in [5.74, 6) is -0.854. The van der Waals surface area contributed by atoms with Gasteiger partial charge in [-0.3, -0.25) is 14.4 Å². The van der Waals surface area contributed by atoms with E-state index in [0.29, 0.717) is 19.3 Å². The van der Waals surface area contributed by atoms with E-state index in [1.165, 1.54) is 193 Å². The van der Waals surface area contributed by atoms with Gasteiger partial charge in [-0.15, -0.1) is 0 Å².